The molecule has 0 unspecified atom stereocenters. The van der Waals surface area contributed by atoms with Crippen LogP contribution in [0.25, 0.3) is 0 Å². The van der Waals surface area contributed by atoms with Crippen LogP contribution in [-0.4, -0.2) is 36.6 Å². The summed E-state index contributed by atoms with van der Waals surface area (Å²) in [5.74, 6) is 0.354. The topological polar surface area (TPSA) is 56.8 Å². The van der Waals surface area contributed by atoms with Crippen molar-refractivity contribution in [2.24, 2.45) is 5.92 Å². The zero-order chi connectivity index (χ0) is 21.3. The number of nitrogens with one attached hydrogen (secondary N) is 1. The summed E-state index contributed by atoms with van der Waals surface area (Å²) in [6.45, 7) is 11.3. The zero-order valence-corrected chi connectivity index (χ0v) is 18.8. The lowest BCUT2D eigenvalue weighted by molar-refractivity contribution is -0.0235. The van der Waals surface area contributed by atoms with Gasteiger partial charge >= 0.3 is 6.09 Å². The first kappa shape index (κ1) is 23.7. The van der Waals surface area contributed by atoms with Gasteiger partial charge in [0, 0.05) is 12.0 Å². The molecule has 1 aliphatic rings. The Hall–Kier alpha value is -1.59. The first-order chi connectivity index (χ1) is 13.8. The van der Waals surface area contributed by atoms with Crippen molar-refractivity contribution in [1.29, 1.82) is 0 Å². The average molecular weight is 406 g/mol. The van der Waals surface area contributed by atoms with E-state index in [1.54, 1.807) is 0 Å². The fourth-order valence-corrected chi connectivity index (χ4v) is 3.76. The van der Waals surface area contributed by atoms with Crippen LogP contribution in [0.3, 0.4) is 0 Å². The quantitative estimate of drug-likeness (QED) is 0.561. The second-order valence-corrected chi connectivity index (χ2v) is 9.22. The first-order valence-corrected chi connectivity index (χ1v) is 11.0. The Kier molecular flexibility index (Phi) is 9.44. The van der Waals surface area contributed by atoms with Crippen LogP contribution in [0.2, 0.25) is 0 Å². The highest BCUT2D eigenvalue weighted by Gasteiger charge is 2.31. The van der Waals surface area contributed by atoms with Gasteiger partial charge in [-0.1, -0.05) is 50.6 Å². The van der Waals surface area contributed by atoms with Crippen molar-refractivity contribution < 1.29 is 19.0 Å². The standard InChI is InChI=1S/C24H39NO4/c1-6-10-20(25-23(26)29-24(3,4)5)15-21-13-14-22(28-21)18(2)16-27-17-19-11-8-7-9-12-19/h7-9,11-12,18,20-22H,6,10,13-17H2,1-5H3,(H,25,26)/t18-,20+,21-,22+/m0/s1. The molecule has 4 atom stereocenters. The summed E-state index contributed by atoms with van der Waals surface area (Å²) in [6, 6.07) is 10.3. The second-order valence-electron chi connectivity index (χ2n) is 9.22. The minimum Gasteiger partial charge on any atom is -0.444 e. The van der Waals surface area contributed by atoms with E-state index in [-0.39, 0.29) is 24.3 Å². The molecule has 0 aliphatic carbocycles. The Morgan fingerprint density at radius 3 is 2.62 bits per heavy atom. The number of rotatable bonds is 10. The van der Waals surface area contributed by atoms with E-state index in [0.29, 0.717) is 19.1 Å². The number of ether oxygens (including phenoxy) is 3. The van der Waals surface area contributed by atoms with Crippen LogP contribution in [-0.2, 0) is 20.8 Å². The highest BCUT2D eigenvalue weighted by molar-refractivity contribution is 5.68. The fourth-order valence-electron chi connectivity index (χ4n) is 3.76. The molecule has 5 heteroatoms. The summed E-state index contributed by atoms with van der Waals surface area (Å²) in [6.07, 6.45) is 4.92. The van der Waals surface area contributed by atoms with Gasteiger partial charge in [-0.2, -0.15) is 0 Å². The van der Waals surface area contributed by atoms with Crippen LogP contribution < -0.4 is 5.32 Å². The molecule has 0 radical (unpaired) electrons. The number of hydrogen-bond donors (Lipinski definition) is 1. The smallest absolute Gasteiger partial charge is 0.407 e. The molecule has 1 N–H and O–H groups in total. The van der Waals surface area contributed by atoms with Crippen LogP contribution in [0, 0.1) is 5.92 Å². The van der Waals surface area contributed by atoms with Crippen molar-refractivity contribution in [2.45, 2.75) is 97.2 Å². The second kappa shape index (κ2) is 11.6. The maximum absolute atomic E-state index is 12.1. The van der Waals surface area contributed by atoms with Gasteiger partial charge in [0.25, 0.3) is 0 Å². The summed E-state index contributed by atoms with van der Waals surface area (Å²) < 4.78 is 17.6. The average Bonchev–Trinajstić information content (AvgIpc) is 3.09. The molecule has 1 amide bonds. The van der Waals surface area contributed by atoms with Crippen LogP contribution >= 0.6 is 0 Å². The Morgan fingerprint density at radius 2 is 1.97 bits per heavy atom. The van der Waals surface area contributed by atoms with Crippen LogP contribution in [0.4, 0.5) is 4.79 Å². The maximum Gasteiger partial charge on any atom is 0.407 e. The fraction of sp³-hybridized carbons (Fsp3) is 0.708. The molecule has 0 aromatic heterocycles. The largest absolute Gasteiger partial charge is 0.444 e. The van der Waals surface area contributed by atoms with Crippen LogP contribution in [0.1, 0.15) is 72.3 Å². The van der Waals surface area contributed by atoms with Gasteiger partial charge in [0.05, 0.1) is 25.4 Å². The van der Waals surface area contributed by atoms with Gasteiger partial charge in [-0.3, -0.25) is 0 Å². The molecular formula is C24H39NO4. The molecule has 1 saturated heterocycles. The molecule has 1 aromatic carbocycles. The minimum absolute atomic E-state index is 0.0863. The van der Waals surface area contributed by atoms with Crippen molar-refractivity contribution in [2.75, 3.05) is 6.61 Å². The summed E-state index contributed by atoms with van der Waals surface area (Å²) in [5, 5.41) is 3.03. The Morgan fingerprint density at radius 1 is 1.24 bits per heavy atom. The van der Waals surface area contributed by atoms with Crippen molar-refractivity contribution in [3.8, 4) is 0 Å². The van der Waals surface area contributed by atoms with Crippen LogP contribution in [0.15, 0.2) is 30.3 Å². The van der Waals surface area contributed by atoms with Gasteiger partial charge in [0.15, 0.2) is 0 Å². The molecule has 1 heterocycles. The van der Waals surface area contributed by atoms with E-state index in [2.05, 4.69) is 31.3 Å². The highest BCUT2D eigenvalue weighted by Crippen LogP contribution is 2.29. The molecule has 164 valence electrons. The number of amides is 1. The third kappa shape index (κ3) is 9.18. The Balaban J connectivity index is 1.73. The lowest BCUT2D eigenvalue weighted by Crippen LogP contribution is -2.40. The summed E-state index contributed by atoms with van der Waals surface area (Å²) >= 11 is 0. The van der Waals surface area contributed by atoms with E-state index in [9.17, 15) is 4.79 Å². The van der Waals surface area contributed by atoms with E-state index < -0.39 is 5.60 Å². The third-order valence-corrected chi connectivity index (χ3v) is 5.17. The van der Waals surface area contributed by atoms with E-state index in [4.69, 9.17) is 14.2 Å². The van der Waals surface area contributed by atoms with E-state index in [1.807, 2.05) is 39.0 Å². The summed E-state index contributed by atoms with van der Waals surface area (Å²) in [5.41, 5.74) is 0.714. The lowest BCUT2D eigenvalue weighted by Gasteiger charge is -2.26. The molecule has 29 heavy (non-hydrogen) atoms. The predicted octanol–water partition coefficient (Wildman–Crippen LogP) is 5.47. The van der Waals surface area contributed by atoms with Crippen molar-refractivity contribution in [3.63, 3.8) is 0 Å². The molecule has 2 rings (SSSR count). The number of alkyl carbamates (subject to hydrolysis) is 1. The normalized spacial score (nSPS) is 21.6. The summed E-state index contributed by atoms with van der Waals surface area (Å²) in [4.78, 5) is 12.1. The molecule has 1 fully saturated rings. The van der Waals surface area contributed by atoms with Crippen molar-refractivity contribution in [3.05, 3.63) is 35.9 Å². The Bertz CT molecular complexity index is 599. The number of benzene rings is 1. The molecule has 0 saturated carbocycles. The van der Waals surface area contributed by atoms with Crippen molar-refractivity contribution >= 4 is 6.09 Å². The molecule has 0 bridgehead atoms. The van der Waals surface area contributed by atoms with Gasteiger partial charge < -0.3 is 19.5 Å². The number of carbonyl (C=O) groups is 1. The minimum atomic E-state index is -0.481. The molecule has 1 aromatic rings. The molecular weight excluding hydrogens is 366 g/mol. The molecule has 0 spiro atoms. The maximum atomic E-state index is 12.1. The molecule has 5 nitrogen and oxygen atoms in total. The third-order valence-electron chi connectivity index (χ3n) is 5.17. The van der Waals surface area contributed by atoms with Gasteiger partial charge in [0.1, 0.15) is 5.60 Å². The van der Waals surface area contributed by atoms with Gasteiger partial charge in [-0.25, -0.2) is 4.79 Å². The number of hydrogen-bond acceptors (Lipinski definition) is 4. The highest BCUT2D eigenvalue weighted by atomic mass is 16.6. The number of carbonyl (C=O) groups excluding carboxylic acids is 1. The first-order valence-electron chi connectivity index (χ1n) is 11.0. The van der Waals surface area contributed by atoms with Gasteiger partial charge in [-0.15, -0.1) is 0 Å². The molecule has 1 aliphatic heterocycles. The SMILES string of the molecule is CCC[C@H](C[C@@H]1CC[C@H]([C@@H](C)COCc2ccccc2)O1)NC(=O)OC(C)(C)C. The van der Waals surface area contributed by atoms with E-state index >= 15 is 0 Å². The van der Waals surface area contributed by atoms with Gasteiger partial charge in [0.2, 0.25) is 0 Å². The monoisotopic (exact) mass is 405 g/mol. The zero-order valence-electron chi connectivity index (χ0n) is 18.8. The van der Waals surface area contributed by atoms with Gasteiger partial charge in [-0.05, 0) is 52.0 Å². The van der Waals surface area contributed by atoms with Crippen molar-refractivity contribution in [1.82, 2.24) is 5.32 Å². The van der Waals surface area contributed by atoms with E-state index in [0.717, 1.165) is 32.1 Å². The Labute approximate surface area is 176 Å². The lowest BCUT2D eigenvalue weighted by atomic mass is 10.0. The van der Waals surface area contributed by atoms with E-state index in [1.165, 1.54) is 5.56 Å². The van der Waals surface area contributed by atoms with Crippen LogP contribution in [0.5, 0.6) is 0 Å². The predicted molar refractivity (Wildman–Crippen MR) is 116 cm³/mol. The summed E-state index contributed by atoms with van der Waals surface area (Å²) in [7, 11) is 0.